The van der Waals surface area contributed by atoms with Crippen molar-refractivity contribution in [2.45, 2.75) is 45.4 Å². The summed E-state index contributed by atoms with van der Waals surface area (Å²) in [4.78, 5) is 24.0. The van der Waals surface area contributed by atoms with Crippen LogP contribution in [-0.2, 0) is 22.6 Å². The molecular weight excluding hydrogens is 328 g/mol. The number of ether oxygens (including phenoxy) is 1. The van der Waals surface area contributed by atoms with Crippen molar-refractivity contribution in [3.8, 4) is 0 Å². The number of hydrogen-bond acceptors (Lipinski definition) is 3. The van der Waals surface area contributed by atoms with Gasteiger partial charge >= 0.3 is 6.09 Å². The van der Waals surface area contributed by atoms with E-state index in [-0.39, 0.29) is 18.6 Å². The molecule has 0 heterocycles. The second-order valence-electron chi connectivity index (χ2n) is 6.36. The highest BCUT2D eigenvalue weighted by molar-refractivity contribution is 5.85. The molecule has 0 aliphatic heterocycles. The summed E-state index contributed by atoms with van der Waals surface area (Å²) in [5, 5.41) is 5.48. The quantitative estimate of drug-likeness (QED) is 0.763. The maximum atomic E-state index is 12.2. The zero-order chi connectivity index (χ0) is 18.8. The van der Waals surface area contributed by atoms with Crippen LogP contribution in [0.1, 0.15) is 31.4 Å². The number of benzene rings is 2. The molecule has 2 amide bonds. The van der Waals surface area contributed by atoms with E-state index < -0.39 is 12.1 Å². The third-order valence-electron chi connectivity index (χ3n) is 4.04. The van der Waals surface area contributed by atoms with Crippen molar-refractivity contribution in [2.75, 3.05) is 0 Å². The Morgan fingerprint density at radius 1 is 0.885 bits per heavy atom. The van der Waals surface area contributed by atoms with Gasteiger partial charge in [-0.1, -0.05) is 60.7 Å². The van der Waals surface area contributed by atoms with Crippen LogP contribution in [0.15, 0.2) is 60.7 Å². The van der Waals surface area contributed by atoms with Gasteiger partial charge in [0.1, 0.15) is 12.6 Å². The Morgan fingerprint density at radius 2 is 1.46 bits per heavy atom. The Balaban J connectivity index is 1.68. The van der Waals surface area contributed by atoms with E-state index in [1.165, 1.54) is 5.56 Å². The van der Waals surface area contributed by atoms with Crippen molar-refractivity contribution in [2.24, 2.45) is 0 Å². The molecular formula is C21H26N2O3. The molecule has 0 radical (unpaired) electrons. The Labute approximate surface area is 154 Å². The zero-order valence-electron chi connectivity index (χ0n) is 15.3. The number of rotatable bonds is 8. The Bertz CT molecular complexity index is 689. The third-order valence-corrected chi connectivity index (χ3v) is 4.04. The van der Waals surface area contributed by atoms with Crippen molar-refractivity contribution in [3.05, 3.63) is 71.8 Å². The molecule has 0 aliphatic carbocycles. The minimum absolute atomic E-state index is 0.0206. The van der Waals surface area contributed by atoms with Crippen LogP contribution in [0.4, 0.5) is 4.79 Å². The van der Waals surface area contributed by atoms with Crippen LogP contribution in [0.25, 0.3) is 0 Å². The van der Waals surface area contributed by atoms with E-state index in [0.717, 1.165) is 18.4 Å². The summed E-state index contributed by atoms with van der Waals surface area (Å²) in [5.74, 6) is -0.220. The lowest BCUT2D eigenvalue weighted by atomic mass is 10.1. The molecule has 0 saturated carbocycles. The first-order chi connectivity index (χ1) is 12.5. The zero-order valence-corrected chi connectivity index (χ0v) is 15.3. The molecule has 2 aromatic rings. The second kappa shape index (κ2) is 10.2. The maximum absolute atomic E-state index is 12.2. The van der Waals surface area contributed by atoms with Gasteiger partial charge in [-0.2, -0.15) is 0 Å². The number of carbonyl (C=O) groups is 2. The molecule has 0 bridgehead atoms. The summed E-state index contributed by atoms with van der Waals surface area (Å²) in [7, 11) is 0. The molecule has 138 valence electrons. The highest BCUT2D eigenvalue weighted by atomic mass is 16.5. The fourth-order valence-corrected chi connectivity index (χ4v) is 2.47. The molecule has 2 rings (SSSR count). The van der Waals surface area contributed by atoms with E-state index in [4.69, 9.17) is 4.74 Å². The highest BCUT2D eigenvalue weighted by Gasteiger charge is 2.18. The molecule has 5 heteroatoms. The Hall–Kier alpha value is -2.82. The first-order valence-corrected chi connectivity index (χ1v) is 8.86. The largest absolute Gasteiger partial charge is 0.445 e. The lowest BCUT2D eigenvalue weighted by Crippen LogP contribution is -2.47. The molecule has 0 saturated heterocycles. The summed E-state index contributed by atoms with van der Waals surface area (Å²) in [5.41, 5.74) is 2.14. The highest BCUT2D eigenvalue weighted by Crippen LogP contribution is 2.05. The molecule has 26 heavy (non-hydrogen) atoms. The van der Waals surface area contributed by atoms with Gasteiger partial charge in [-0.3, -0.25) is 4.79 Å². The third kappa shape index (κ3) is 6.97. The predicted octanol–water partition coefficient (Wildman–Crippen LogP) is 3.44. The van der Waals surface area contributed by atoms with Crippen molar-refractivity contribution in [1.82, 2.24) is 10.6 Å². The SMILES string of the molecule is CC(CCc1ccccc1)NC(=O)[C@@H](C)NC(=O)OCc1ccccc1. The molecule has 2 N–H and O–H groups in total. The van der Waals surface area contributed by atoms with Crippen LogP contribution in [0.5, 0.6) is 0 Å². The van der Waals surface area contributed by atoms with Gasteiger partial charge in [-0.25, -0.2) is 4.79 Å². The average Bonchev–Trinajstić information content (AvgIpc) is 2.66. The molecule has 0 fully saturated rings. The first kappa shape index (κ1) is 19.5. The molecule has 0 aromatic heterocycles. The van der Waals surface area contributed by atoms with Gasteiger partial charge in [0.2, 0.25) is 5.91 Å². The summed E-state index contributed by atoms with van der Waals surface area (Å²) in [6.45, 7) is 3.78. The van der Waals surface area contributed by atoms with Gasteiger partial charge in [-0.05, 0) is 37.8 Å². The number of aryl methyl sites for hydroxylation is 1. The van der Waals surface area contributed by atoms with Crippen LogP contribution in [0, 0.1) is 0 Å². The predicted molar refractivity (Wildman–Crippen MR) is 102 cm³/mol. The number of nitrogens with one attached hydrogen (secondary N) is 2. The summed E-state index contributed by atoms with van der Waals surface area (Å²) in [6, 6.07) is 18.9. The lowest BCUT2D eigenvalue weighted by molar-refractivity contribution is -0.123. The van der Waals surface area contributed by atoms with Crippen molar-refractivity contribution >= 4 is 12.0 Å². The monoisotopic (exact) mass is 354 g/mol. The lowest BCUT2D eigenvalue weighted by Gasteiger charge is -2.18. The fraction of sp³-hybridized carbons (Fsp3) is 0.333. The fourth-order valence-electron chi connectivity index (χ4n) is 2.47. The minimum Gasteiger partial charge on any atom is -0.445 e. The molecule has 2 aromatic carbocycles. The van der Waals surface area contributed by atoms with Crippen LogP contribution in [0.2, 0.25) is 0 Å². The van der Waals surface area contributed by atoms with E-state index in [9.17, 15) is 9.59 Å². The van der Waals surface area contributed by atoms with E-state index in [0.29, 0.717) is 0 Å². The number of amides is 2. The van der Waals surface area contributed by atoms with Gasteiger partial charge in [0, 0.05) is 6.04 Å². The molecule has 0 aliphatic rings. The number of alkyl carbamates (subject to hydrolysis) is 1. The van der Waals surface area contributed by atoms with Gasteiger partial charge in [0.05, 0.1) is 0 Å². The van der Waals surface area contributed by atoms with E-state index in [1.807, 2.05) is 55.5 Å². The molecule has 2 atom stereocenters. The standard InChI is InChI=1S/C21H26N2O3/c1-16(13-14-18-9-5-3-6-10-18)22-20(24)17(2)23-21(25)26-15-19-11-7-4-8-12-19/h3-12,16-17H,13-15H2,1-2H3,(H,22,24)(H,23,25)/t16?,17-/m1/s1. The smallest absolute Gasteiger partial charge is 0.408 e. The van der Waals surface area contributed by atoms with Crippen molar-refractivity contribution < 1.29 is 14.3 Å². The van der Waals surface area contributed by atoms with Gasteiger partial charge < -0.3 is 15.4 Å². The second-order valence-corrected chi connectivity index (χ2v) is 6.36. The minimum atomic E-state index is -0.655. The topological polar surface area (TPSA) is 67.4 Å². The van der Waals surface area contributed by atoms with Crippen molar-refractivity contribution in [1.29, 1.82) is 0 Å². The van der Waals surface area contributed by atoms with Crippen LogP contribution < -0.4 is 10.6 Å². The first-order valence-electron chi connectivity index (χ1n) is 8.86. The Morgan fingerprint density at radius 3 is 2.08 bits per heavy atom. The summed E-state index contributed by atoms with van der Waals surface area (Å²) in [6.07, 6.45) is 1.12. The van der Waals surface area contributed by atoms with E-state index in [2.05, 4.69) is 22.8 Å². The van der Waals surface area contributed by atoms with Crippen LogP contribution in [0.3, 0.4) is 0 Å². The van der Waals surface area contributed by atoms with Gasteiger partial charge in [-0.15, -0.1) is 0 Å². The average molecular weight is 354 g/mol. The van der Waals surface area contributed by atoms with Crippen LogP contribution >= 0.6 is 0 Å². The van der Waals surface area contributed by atoms with Gasteiger partial charge in [0.25, 0.3) is 0 Å². The van der Waals surface area contributed by atoms with Crippen molar-refractivity contribution in [3.63, 3.8) is 0 Å². The van der Waals surface area contributed by atoms with Crippen LogP contribution in [-0.4, -0.2) is 24.1 Å². The maximum Gasteiger partial charge on any atom is 0.408 e. The number of carbonyl (C=O) groups excluding carboxylic acids is 2. The number of hydrogen-bond donors (Lipinski definition) is 2. The van der Waals surface area contributed by atoms with E-state index in [1.54, 1.807) is 6.92 Å². The molecule has 0 spiro atoms. The summed E-state index contributed by atoms with van der Waals surface area (Å²) >= 11 is 0. The summed E-state index contributed by atoms with van der Waals surface area (Å²) < 4.78 is 5.13. The van der Waals surface area contributed by atoms with Gasteiger partial charge in [0.15, 0.2) is 0 Å². The molecule has 5 nitrogen and oxygen atoms in total. The Kier molecular flexibility index (Phi) is 7.68. The molecule has 1 unspecified atom stereocenters. The van der Waals surface area contributed by atoms with E-state index >= 15 is 0 Å². The normalized spacial score (nSPS) is 12.7.